The van der Waals surface area contributed by atoms with Crippen molar-refractivity contribution in [2.45, 2.75) is 53.1 Å². The highest BCUT2D eigenvalue weighted by Gasteiger charge is 2.14. The number of aromatic nitrogens is 2. The van der Waals surface area contributed by atoms with Crippen molar-refractivity contribution < 1.29 is 4.79 Å². The van der Waals surface area contributed by atoms with Crippen molar-refractivity contribution >= 4 is 27.5 Å². The molecule has 1 amide bonds. The highest BCUT2D eigenvalue weighted by molar-refractivity contribution is 7.18. The molecule has 2 rings (SSSR count). The van der Waals surface area contributed by atoms with E-state index in [4.69, 9.17) is 0 Å². The van der Waals surface area contributed by atoms with Crippen LogP contribution in [0, 0.1) is 6.92 Å². The molecule has 0 saturated heterocycles. The van der Waals surface area contributed by atoms with Gasteiger partial charge in [-0.3, -0.25) is 14.2 Å². The van der Waals surface area contributed by atoms with E-state index in [9.17, 15) is 9.59 Å². The molecular weight excluding hydrogens is 286 g/mol. The third-order valence-electron chi connectivity index (χ3n) is 3.56. The summed E-state index contributed by atoms with van der Waals surface area (Å²) in [4.78, 5) is 30.9. The van der Waals surface area contributed by atoms with Crippen molar-refractivity contribution in [2.75, 3.05) is 0 Å². The topological polar surface area (TPSA) is 64.0 Å². The molecule has 0 radical (unpaired) electrons. The number of amides is 1. The molecule has 1 atom stereocenters. The number of hydrogen-bond acceptors (Lipinski definition) is 4. The van der Waals surface area contributed by atoms with E-state index >= 15 is 0 Å². The lowest BCUT2D eigenvalue weighted by molar-refractivity contribution is -0.122. The Morgan fingerprint density at radius 3 is 2.81 bits per heavy atom. The summed E-state index contributed by atoms with van der Waals surface area (Å²) in [5.74, 6) is 0.429. The fourth-order valence-corrected chi connectivity index (χ4v) is 3.10. The predicted octanol–water partition coefficient (Wildman–Crippen LogP) is 2.24. The Morgan fingerprint density at radius 1 is 1.48 bits per heavy atom. The first-order chi connectivity index (χ1) is 9.96. The van der Waals surface area contributed by atoms with Gasteiger partial charge in [0, 0.05) is 10.9 Å². The largest absolute Gasteiger partial charge is 0.352 e. The first-order valence-corrected chi connectivity index (χ1v) is 8.07. The minimum atomic E-state index is -0.151. The first kappa shape index (κ1) is 15.7. The summed E-state index contributed by atoms with van der Waals surface area (Å²) in [6.07, 6.45) is 1.75. The van der Waals surface area contributed by atoms with Gasteiger partial charge < -0.3 is 5.32 Å². The van der Waals surface area contributed by atoms with Gasteiger partial charge in [0.1, 0.15) is 17.2 Å². The van der Waals surface area contributed by atoms with E-state index in [-0.39, 0.29) is 24.1 Å². The number of fused-ring (bicyclic) bond motifs is 1. The van der Waals surface area contributed by atoms with Crippen LogP contribution in [0.2, 0.25) is 0 Å². The van der Waals surface area contributed by atoms with E-state index in [0.717, 1.165) is 22.5 Å². The van der Waals surface area contributed by atoms with Gasteiger partial charge in [0.2, 0.25) is 5.91 Å². The van der Waals surface area contributed by atoms with Gasteiger partial charge in [0.05, 0.1) is 5.39 Å². The molecule has 6 heteroatoms. The maximum absolute atomic E-state index is 12.5. The molecule has 0 aromatic carbocycles. The smallest absolute Gasteiger partial charge is 0.262 e. The van der Waals surface area contributed by atoms with E-state index in [1.807, 2.05) is 19.9 Å². The van der Waals surface area contributed by atoms with Crippen LogP contribution < -0.4 is 10.9 Å². The summed E-state index contributed by atoms with van der Waals surface area (Å²) in [5.41, 5.74) is -0.132. The zero-order valence-corrected chi connectivity index (χ0v) is 13.7. The number of hydrogen-bond donors (Lipinski definition) is 1. The fraction of sp³-hybridized carbons (Fsp3) is 0.533. The molecule has 2 heterocycles. The van der Waals surface area contributed by atoms with Crippen LogP contribution in [0.4, 0.5) is 0 Å². The monoisotopic (exact) mass is 307 g/mol. The summed E-state index contributed by atoms with van der Waals surface area (Å²) in [6, 6.07) is 2.00. The molecule has 0 aliphatic heterocycles. The minimum Gasteiger partial charge on any atom is -0.352 e. The molecule has 1 N–H and O–H groups in total. The molecule has 21 heavy (non-hydrogen) atoms. The van der Waals surface area contributed by atoms with Gasteiger partial charge in [-0.15, -0.1) is 11.3 Å². The SMILES string of the molecule is CCc1cc2c(=O)n(CC(=O)NC(C)CC)c(C)nc2s1. The van der Waals surface area contributed by atoms with Gasteiger partial charge in [-0.05, 0) is 32.8 Å². The van der Waals surface area contributed by atoms with Crippen molar-refractivity contribution in [3.8, 4) is 0 Å². The normalized spacial score (nSPS) is 12.6. The summed E-state index contributed by atoms with van der Waals surface area (Å²) in [6.45, 7) is 7.79. The summed E-state index contributed by atoms with van der Waals surface area (Å²) < 4.78 is 1.45. The Kier molecular flexibility index (Phi) is 4.77. The average molecular weight is 307 g/mol. The second kappa shape index (κ2) is 6.39. The van der Waals surface area contributed by atoms with Gasteiger partial charge in [-0.25, -0.2) is 4.98 Å². The molecule has 5 nitrogen and oxygen atoms in total. The summed E-state index contributed by atoms with van der Waals surface area (Å²) in [7, 11) is 0. The molecule has 0 saturated carbocycles. The standard InChI is InChI=1S/C15H21N3O2S/c1-5-9(3)16-13(19)8-18-10(4)17-14-12(15(18)20)7-11(6-2)21-14/h7,9H,5-6,8H2,1-4H3,(H,16,19). The van der Waals surface area contributed by atoms with Crippen molar-refractivity contribution in [3.05, 3.63) is 27.1 Å². The number of rotatable bonds is 5. The van der Waals surface area contributed by atoms with Gasteiger partial charge in [-0.2, -0.15) is 0 Å². The molecule has 114 valence electrons. The lowest BCUT2D eigenvalue weighted by atomic mass is 10.2. The lowest BCUT2D eigenvalue weighted by Gasteiger charge is -2.13. The van der Waals surface area contributed by atoms with Crippen LogP contribution in [0.1, 0.15) is 37.9 Å². The number of carbonyl (C=O) groups excluding carboxylic acids is 1. The Hall–Kier alpha value is -1.69. The minimum absolute atomic E-state index is 0.0231. The Bertz CT molecular complexity index is 718. The molecule has 0 aliphatic carbocycles. The van der Waals surface area contributed by atoms with Gasteiger partial charge in [0.25, 0.3) is 5.56 Å². The van der Waals surface area contributed by atoms with Crippen LogP contribution in [0.15, 0.2) is 10.9 Å². The summed E-state index contributed by atoms with van der Waals surface area (Å²) in [5, 5.41) is 3.48. The Balaban J connectivity index is 2.35. The molecule has 1 unspecified atom stereocenters. The van der Waals surface area contributed by atoms with Crippen molar-refractivity contribution in [2.24, 2.45) is 0 Å². The molecule has 0 fully saturated rings. The van der Waals surface area contributed by atoms with Gasteiger partial charge in [0.15, 0.2) is 0 Å². The van der Waals surface area contributed by atoms with Crippen molar-refractivity contribution in [1.82, 2.24) is 14.9 Å². The van der Waals surface area contributed by atoms with Crippen molar-refractivity contribution in [1.29, 1.82) is 0 Å². The quantitative estimate of drug-likeness (QED) is 0.921. The van der Waals surface area contributed by atoms with Crippen LogP contribution in [0.5, 0.6) is 0 Å². The lowest BCUT2D eigenvalue weighted by Crippen LogP contribution is -2.38. The number of carbonyl (C=O) groups is 1. The van der Waals surface area contributed by atoms with Crippen LogP contribution in [0.3, 0.4) is 0 Å². The molecule has 2 aromatic rings. The molecule has 2 aromatic heterocycles. The maximum Gasteiger partial charge on any atom is 0.262 e. The van der Waals surface area contributed by atoms with E-state index in [0.29, 0.717) is 11.2 Å². The first-order valence-electron chi connectivity index (χ1n) is 7.25. The summed E-state index contributed by atoms with van der Waals surface area (Å²) >= 11 is 1.54. The highest BCUT2D eigenvalue weighted by Crippen LogP contribution is 2.21. The second-order valence-electron chi connectivity index (χ2n) is 5.21. The fourth-order valence-electron chi connectivity index (χ4n) is 2.09. The van der Waals surface area contributed by atoms with Crippen LogP contribution >= 0.6 is 11.3 Å². The van der Waals surface area contributed by atoms with E-state index in [1.54, 1.807) is 18.3 Å². The molecule has 0 bridgehead atoms. The molecular formula is C15H21N3O2S. The predicted molar refractivity (Wildman–Crippen MR) is 85.9 cm³/mol. The van der Waals surface area contributed by atoms with Crippen molar-refractivity contribution in [3.63, 3.8) is 0 Å². The third-order valence-corrected chi connectivity index (χ3v) is 4.74. The van der Waals surface area contributed by atoms with Gasteiger partial charge >= 0.3 is 0 Å². The molecule has 0 spiro atoms. The van der Waals surface area contributed by atoms with E-state index < -0.39 is 0 Å². The van der Waals surface area contributed by atoms with E-state index in [1.165, 1.54) is 4.57 Å². The zero-order valence-electron chi connectivity index (χ0n) is 12.9. The Labute approximate surface area is 128 Å². The maximum atomic E-state index is 12.5. The van der Waals surface area contributed by atoms with Gasteiger partial charge in [-0.1, -0.05) is 13.8 Å². The highest BCUT2D eigenvalue weighted by atomic mass is 32.1. The average Bonchev–Trinajstić information content (AvgIpc) is 2.86. The Morgan fingerprint density at radius 2 is 2.19 bits per heavy atom. The number of thiophene rings is 1. The van der Waals surface area contributed by atoms with Crippen LogP contribution in [-0.4, -0.2) is 21.5 Å². The second-order valence-corrected chi connectivity index (χ2v) is 6.33. The number of nitrogens with zero attached hydrogens (tertiary/aromatic N) is 2. The number of nitrogens with one attached hydrogen (secondary N) is 1. The van der Waals surface area contributed by atoms with E-state index in [2.05, 4.69) is 17.2 Å². The van der Waals surface area contributed by atoms with Crippen LogP contribution in [-0.2, 0) is 17.8 Å². The van der Waals surface area contributed by atoms with Crippen LogP contribution in [0.25, 0.3) is 10.2 Å². The third kappa shape index (κ3) is 3.32. The number of aryl methyl sites for hydroxylation is 2. The zero-order chi connectivity index (χ0) is 15.6. The molecule has 0 aliphatic rings.